The molecule has 24 heavy (non-hydrogen) atoms. The van der Waals surface area contributed by atoms with E-state index in [4.69, 9.17) is 4.42 Å². The first-order chi connectivity index (χ1) is 11.4. The summed E-state index contributed by atoms with van der Waals surface area (Å²) in [6.07, 6.45) is -3.69. The molecule has 0 aromatic carbocycles. The van der Waals surface area contributed by atoms with Crippen molar-refractivity contribution in [1.82, 2.24) is 20.4 Å². The molecule has 0 bridgehead atoms. The third-order valence-corrected chi connectivity index (χ3v) is 3.81. The number of alkyl halides is 3. The van der Waals surface area contributed by atoms with E-state index in [1.807, 2.05) is 29.8 Å². The fourth-order valence-electron chi connectivity index (χ4n) is 2.00. The van der Waals surface area contributed by atoms with Gasteiger partial charge in [0.25, 0.3) is 5.89 Å². The van der Waals surface area contributed by atoms with Crippen LogP contribution in [0.1, 0.15) is 19.2 Å². The van der Waals surface area contributed by atoms with E-state index in [1.54, 1.807) is 4.90 Å². The van der Waals surface area contributed by atoms with Gasteiger partial charge in [-0.15, -0.1) is 21.5 Å². The molecule has 2 aromatic rings. The predicted molar refractivity (Wildman–Crippen MR) is 82.2 cm³/mol. The van der Waals surface area contributed by atoms with Crippen molar-refractivity contribution in [2.45, 2.75) is 26.1 Å². The number of aromatic nitrogens is 2. The molecule has 0 spiro atoms. The highest BCUT2D eigenvalue weighted by atomic mass is 32.1. The van der Waals surface area contributed by atoms with Crippen LogP contribution in [0.25, 0.3) is 10.8 Å². The molecule has 0 fully saturated rings. The summed E-state index contributed by atoms with van der Waals surface area (Å²) in [5.41, 5.74) is 0. The first-order valence-corrected chi connectivity index (χ1v) is 8.17. The molecule has 0 aliphatic heterocycles. The molecule has 6 nitrogen and oxygen atoms in total. The summed E-state index contributed by atoms with van der Waals surface area (Å²) in [6.45, 7) is 1.13. The van der Waals surface area contributed by atoms with E-state index in [0.29, 0.717) is 18.3 Å². The van der Waals surface area contributed by atoms with Crippen molar-refractivity contribution in [2.24, 2.45) is 0 Å². The van der Waals surface area contributed by atoms with Gasteiger partial charge in [0.1, 0.15) is 6.54 Å². The summed E-state index contributed by atoms with van der Waals surface area (Å²) in [5.74, 6) is 0.00668. The molecule has 0 aliphatic carbocycles. The average molecular weight is 362 g/mol. The zero-order chi connectivity index (χ0) is 17.6. The monoisotopic (exact) mass is 362 g/mol. The lowest BCUT2D eigenvalue weighted by atomic mass is 10.3. The van der Waals surface area contributed by atoms with Crippen LogP contribution < -0.4 is 5.32 Å². The summed E-state index contributed by atoms with van der Waals surface area (Å²) >= 11 is 1.46. The average Bonchev–Trinajstić information content (AvgIpc) is 3.15. The quantitative estimate of drug-likeness (QED) is 0.782. The fraction of sp³-hybridized carbons (Fsp3) is 0.500. The van der Waals surface area contributed by atoms with Gasteiger partial charge in [-0.3, -0.25) is 9.69 Å². The first-order valence-electron chi connectivity index (χ1n) is 7.29. The zero-order valence-corrected chi connectivity index (χ0v) is 13.8. The van der Waals surface area contributed by atoms with Crippen LogP contribution in [-0.2, 0) is 11.3 Å². The maximum atomic E-state index is 12.1. The Morgan fingerprint density at radius 1 is 1.42 bits per heavy atom. The van der Waals surface area contributed by atoms with Gasteiger partial charge in [-0.2, -0.15) is 13.2 Å². The number of nitrogens with zero attached hydrogens (tertiary/aromatic N) is 3. The summed E-state index contributed by atoms with van der Waals surface area (Å²) in [7, 11) is 0. The predicted octanol–water partition coefficient (Wildman–Crippen LogP) is 2.69. The molecule has 1 amide bonds. The molecule has 0 saturated heterocycles. The number of carbonyl (C=O) groups is 1. The molecule has 0 aliphatic rings. The molecule has 1 N–H and O–H groups in total. The van der Waals surface area contributed by atoms with Crippen molar-refractivity contribution < 1.29 is 22.4 Å². The lowest BCUT2D eigenvalue weighted by Crippen LogP contribution is -2.41. The number of rotatable bonds is 8. The van der Waals surface area contributed by atoms with Crippen LogP contribution in [0.5, 0.6) is 0 Å². The number of amides is 1. The molecule has 2 aromatic heterocycles. The third-order valence-electron chi connectivity index (χ3n) is 2.95. The van der Waals surface area contributed by atoms with Crippen LogP contribution in [0.3, 0.4) is 0 Å². The highest BCUT2D eigenvalue weighted by molar-refractivity contribution is 7.13. The van der Waals surface area contributed by atoms with E-state index in [-0.39, 0.29) is 13.1 Å². The molecule has 0 unspecified atom stereocenters. The van der Waals surface area contributed by atoms with E-state index in [1.165, 1.54) is 11.3 Å². The van der Waals surface area contributed by atoms with Crippen LogP contribution in [-0.4, -0.2) is 46.8 Å². The highest BCUT2D eigenvalue weighted by Gasteiger charge is 2.28. The standard InChI is InChI=1S/C14H17F3N4O2S/c1-2-5-21(7-11(22)18-9-14(15,16)17)8-12-19-20-13(23-12)10-4-3-6-24-10/h3-4,6H,2,5,7-9H2,1H3,(H,18,22). The van der Waals surface area contributed by atoms with Gasteiger partial charge >= 0.3 is 6.18 Å². The normalized spacial score (nSPS) is 11.9. The Labute approximate surface area is 140 Å². The van der Waals surface area contributed by atoms with E-state index < -0.39 is 18.6 Å². The summed E-state index contributed by atoms with van der Waals surface area (Å²) in [6, 6.07) is 3.70. The third kappa shape index (κ3) is 5.93. The largest absolute Gasteiger partial charge is 0.419 e. The lowest BCUT2D eigenvalue weighted by Gasteiger charge is -2.19. The summed E-state index contributed by atoms with van der Waals surface area (Å²) in [4.78, 5) is 14.1. The van der Waals surface area contributed by atoms with Crippen LogP contribution in [0.4, 0.5) is 13.2 Å². The zero-order valence-electron chi connectivity index (χ0n) is 13.0. The Morgan fingerprint density at radius 3 is 2.83 bits per heavy atom. The molecular formula is C14H17F3N4O2S. The van der Waals surface area contributed by atoms with E-state index in [9.17, 15) is 18.0 Å². The number of hydrogen-bond acceptors (Lipinski definition) is 6. The lowest BCUT2D eigenvalue weighted by molar-refractivity contribution is -0.139. The Bertz CT molecular complexity index is 643. The molecule has 132 valence electrons. The van der Waals surface area contributed by atoms with Gasteiger partial charge in [-0.25, -0.2) is 0 Å². The minimum atomic E-state index is -4.42. The van der Waals surface area contributed by atoms with Crippen molar-refractivity contribution in [3.63, 3.8) is 0 Å². The van der Waals surface area contributed by atoms with Gasteiger partial charge in [-0.1, -0.05) is 13.0 Å². The topological polar surface area (TPSA) is 71.3 Å². The van der Waals surface area contributed by atoms with Gasteiger partial charge in [0.05, 0.1) is 18.0 Å². The second kappa shape index (κ2) is 8.25. The van der Waals surface area contributed by atoms with Crippen molar-refractivity contribution in [1.29, 1.82) is 0 Å². The molecule has 2 rings (SSSR count). The van der Waals surface area contributed by atoms with Crippen LogP contribution in [0.2, 0.25) is 0 Å². The van der Waals surface area contributed by atoms with Crippen molar-refractivity contribution in [3.05, 3.63) is 23.4 Å². The molecular weight excluding hydrogens is 345 g/mol. The van der Waals surface area contributed by atoms with E-state index >= 15 is 0 Å². The Morgan fingerprint density at radius 2 is 2.21 bits per heavy atom. The Kier molecular flexibility index (Phi) is 6.32. The van der Waals surface area contributed by atoms with Crippen LogP contribution in [0, 0.1) is 0 Å². The summed E-state index contributed by atoms with van der Waals surface area (Å²) < 4.78 is 41.9. The van der Waals surface area contributed by atoms with Crippen molar-refractivity contribution in [3.8, 4) is 10.8 Å². The molecule has 0 radical (unpaired) electrons. The highest BCUT2D eigenvalue weighted by Crippen LogP contribution is 2.23. The van der Waals surface area contributed by atoms with Gasteiger partial charge < -0.3 is 9.73 Å². The SMILES string of the molecule is CCCN(CC(=O)NCC(F)(F)F)Cc1nnc(-c2cccs2)o1. The van der Waals surface area contributed by atoms with Gasteiger partial charge in [0.15, 0.2) is 0 Å². The maximum Gasteiger partial charge on any atom is 0.405 e. The number of carbonyl (C=O) groups excluding carboxylic acids is 1. The molecule has 10 heteroatoms. The van der Waals surface area contributed by atoms with E-state index in [2.05, 4.69) is 10.2 Å². The number of nitrogens with one attached hydrogen (secondary N) is 1. The first kappa shape index (κ1) is 18.4. The number of hydrogen-bond donors (Lipinski definition) is 1. The second-order valence-corrected chi connectivity index (χ2v) is 6.03. The summed E-state index contributed by atoms with van der Waals surface area (Å²) in [5, 5.41) is 11.6. The molecule has 2 heterocycles. The smallest absolute Gasteiger partial charge is 0.405 e. The maximum absolute atomic E-state index is 12.1. The Hall–Kier alpha value is -1.94. The minimum absolute atomic E-state index is 0.166. The molecule has 0 atom stereocenters. The van der Waals surface area contributed by atoms with E-state index in [0.717, 1.165) is 11.3 Å². The Balaban J connectivity index is 1.92. The fourth-order valence-corrected chi connectivity index (χ4v) is 2.64. The number of halogens is 3. The minimum Gasteiger partial charge on any atom is -0.419 e. The number of thiophene rings is 1. The second-order valence-electron chi connectivity index (χ2n) is 5.08. The van der Waals surface area contributed by atoms with Crippen LogP contribution in [0.15, 0.2) is 21.9 Å². The van der Waals surface area contributed by atoms with Gasteiger partial charge in [0.2, 0.25) is 11.8 Å². The van der Waals surface area contributed by atoms with Crippen LogP contribution >= 0.6 is 11.3 Å². The van der Waals surface area contributed by atoms with Crippen molar-refractivity contribution >= 4 is 17.2 Å². The van der Waals surface area contributed by atoms with Gasteiger partial charge in [-0.05, 0) is 24.4 Å². The van der Waals surface area contributed by atoms with Crippen molar-refractivity contribution in [2.75, 3.05) is 19.6 Å². The van der Waals surface area contributed by atoms with Gasteiger partial charge in [0, 0.05) is 0 Å². The molecule has 0 saturated carbocycles.